The molecule has 0 bridgehead atoms. The molecule has 0 aliphatic rings. The van der Waals surface area contributed by atoms with E-state index in [4.69, 9.17) is 9.05 Å². The Bertz CT molecular complexity index is 278. The molecule has 0 radical (unpaired) electrons. The molecule has 0 saturated carbocycles. The minimum Gasteiger partial charge on any atom is -0.313 e. The fraction of sp³-hybridized carbons (Fsp3) is 1.00. The molecular formula is C12H28NO4P. The molecule has 0 saturated heterocycles. The summed E-state index contributed by atoms with van der Waals surface area (Å²) in [5.41, 5.74) is -0.529. The Morgan fingerprint density at radius 1 is 1.17 bits per heavy atom. The molecule has 0 fully saturated rings. The topological polar surface area (TPSA) is 59.0 Å². The minimum atomic E-state index is -3.36. The summed E-state index contributed by atoms with van der Waals surface area (Å²) >= 11 is 0. The largest absolute Gasteiger partial charge is 0.350 e. The Morgan fingerprint density at radius 3 is 1.78 bits per heavy atom. The van der Waals surface area contributed by atoms with Gasteiger partial charge in [0.1, 0.15) is 5.78 Å². The summed E-state index contributed by atoms with van der Waals surface area (Å²) in [6.07, 6.45) is 0. The highest BCUT2D eigenvalue weighted by molar-refractivity contribution is 7.54. The van der Waals surface area contributed by atoms with Gasteiger partial charge >= 0.3 is 7.60 Å². The predicted octanol–water partition coefficient (Wildman–Crippen LogP) is 3.72. The Hall–Kier alpha value is 0.0700. The van der Waals surface area contributed by atoms with Crippen molar-refractivity contribution in [2.45, 2.75) is 59.8 Å². The van der Waals surface area contributed by atoms with Gasteiger partial charge in [-0.15, -0.1) is 0 Å². The van der Waals surface area contributed by atoms with Gasteiger partial charge in [0.25, 0.3) is 0 Å². The van der Waals surface area contributed by atoms with E-state index in [-0.39, 0.29) is 5.92 Å². The molecule has 0 aliphatic heterocycles. The molecule has 1 unspecified atom stereocenters. The van der Waals surface area contributed by atoms with Gasteiger partial charge in [0.2, 0.25) is 0 Å². The van der Waals surface area contributed by atoms with Crippen molar-refractivity contribution in [1.82, 2.24) is 5.06 Å². The number of nitrogens with zero attached hydrogens (tertiary/aromatic N) is 1. The van der Waals surface area contributed by atoms with E-state index in [0.29, 0.717) is 13.2 Å². The molecule has 1 N–H and O–H groups in total. The smallest absolute Gasteiger partial charge is 0.313 e. The highest BCUT2D eigenvalue weighted by atomic mass is 31.2. The second kappa shape index (κ2) is 7.01. The van der Waals surface area contributed by atoms with Crippen molar-refractivity contribution in [3.8, 4) is 0 Å². The van der Waals surface area contributed by atoms with Gasteiger partial charge in [0.15, 0.2) is 0 Å². The van der Waals surface area contributed by atoms with Gasteiger partial charge in [0.05, 0.1) is 13.2 Å². The Balaban J connectivity index is 5.36. The number of hydrogen-bond acceptors (Lipinski definition) is 5. The SMILES string of the molecule is CCOP(=O)(OCC)C(C(C)C)N(O)C(C)(C)C. The van der Waals surface area contributed by atoms with Gasteiger partial charge in [-0.2, -0.15) is 5.06 Å². The molecule has 0 aromatic heterocycles. The van der Waals surface area contributed by atoms with Crippen LogP contribution in [0.15, 0.2) is 0 Å². The van der Waals surface area contributed by atoms with Gasteiger partial charge in [-0.25, -0.2) is 0 Å². The molecule has 0 aliphatic carbocycles. The summed E-state index contributed by atoms with van der Waals surface area (Å²) in [7, 11) is -3.36. The normalized spacial score (nSPS) is 15.4. The van der Waals surface area contributed by atoms with Crippen molar-refractivity contribution in [3.63, 3.8) is 0 Å². The number of hydrogen-bond donors (Lipinski definition) is 1. The standard InChI is InChI=1S/C12H28NO4P/c1-8-16-18(15,17-9-2)11(10(3)4)13(14)12(5,6)7/h10-11,14H,8-9H2,1-7H3. The first-order chi connectivity index (χ1) is 8.10. The van der Waals surface area contributed by atoms with Crippen LogP contribution in [0.3, 0.4) is 0 Å². The maximum atomic E-state index is 12.8. The Labute approximate surface area is 111 Å². The fourth-order valence-electron chi connectivity index (χ4n) is 1.73. The fourth-order valence-corrected chi connectivity index (χ4v) is 4.17. The second-order valence-electron chi connectivity index (χ2n) is 5.55. The predicted molar refractivity (Wildman–Crippen MR) is 72.9 cm³/mol. The summed E-state index contributed by atoms with van der Waals surface area (Å²) in [5.74, 6) is -0.726. The summed E-state index contributed by atoms with van der Waals surface area (Å²) in [5, 5.41) is 11.4. The summed E-state index contributed by atoms with van der Waals surface area (Å²) in [6.45, 7) is 13.5. The van der Waals surface area contributed by atoms with E-state index in [1.165, 1.54) is 0 Å². The Kier molecular flexibility index (Phi) is 7.04. The molecule has 0 aromatic carbocycles. The van der Waals surface area contributed by atoms with Crippen LogP contribution in [-0.2, 0) is 13.6 Å². The van der Waals surface area contributed by atoms with Gasteiger partial charge in [-0.1, -0.05) is 13.8 Å². The van der Waals surface area contributed by atoms with Gasteiger partial charge in [-0.05, 0) is 40.5 Å². The molecule has 0 aromatic rings. The van der Waals surface area contributed by atoms with Crippen LogP contribution >= 0.6 is 7.60 Å². The molecule has 6 heteroatoms. The van der Waals surface area contributed by atoms with Crippen molar-refractivity contribution in [3.05, 3.63) is 0 Å². The molecule has 0 rings (SSSR count). The first-order valence-electron chi connectivity index (χ1n) is 6.47. The molecule has 0 spiro atoms. The lowest BCUT2D eigenvalue weighted by atomic mass is 10.1. The molecule has 0 heterocycles. The van der Waals surface area contributed by atoms with E-state index in [2.05, 4.69) is 0 Å². The van der Waals surface area contributed by atoms with E-state index in [9.17, 15) is 9.77 Å². The molecule has 0 amide bonds. The lowest BCUT2D eigenvalue weighted by Crippen LogP contribution is -2.48. The summed E-state index contributed by atoms with van der Waals surface area (Å²) in [4.78, 5) is 0. The van der Waals surface area contributed by atoms with E-state index >= 15 is 0 Å². The molecular weight excluding hydrogens is 253 g/mol. The molecule has 1 atom stereocenters. The third-order valence-corrected chi connectivity index (χ3v) is 5.18. The molecule has 5 nitrogen and oxygen atoms in total. The minimum absolute atomic E-state index is 0.0573. The van der Waals surface area contributed by atoms with Crippen LogP contribution in [0.2, 0.25) is 0 Å². The summed E-state index contributed by atoms with van der Waals surface area (Å²) in [6, 6.07) is 0. The van der Waals surface area contributed by atoms with Crippen LogP contribution in [0, 0.1) is 5.92 Å². The van der Waals surface area contributed by atoms with Crippen molar-refractivity contribution in [2.24, 2.45) is 5.92 Å². The van der Waals surface area contributed by atoms with Crippen molar-refractivity contribution < 1.29 is 18.8 Å². The monoisotopic (exact) mass is 281 g/mol. The highest BCUT2D eigenvalue weighted by Crippen LogP contribution is 2.57. The third-order valence-electron chi connectivity index (χ3n) is 2.48. The van der Waals surface area contributed by atoms with Crippen LogP contribution in [0.25, 0.3) is 0 Å². The quantitative estimate of drug-likeness (QED) is 0.569. The zero-order valence-corrected chi connectivity index (χ0v) is 13.5. The van der Waals surface area contributed by atoms with Crippen LogP contribution < -0.4 is 0 Å². The third kappa shape index (κ3) is 4.63. The first kappa shape index (κ1) is 18.1. The molecule has 110 valence electrons. The van der Waals surface area contributed by atoms with Crippen LogP contribution in [-0.4, -0.2) is 34.8 Å². The van der Waals surface area contributed by atoms with E-state index in [0.717, 1.165) is 5.06 Å². The zero-order valence-electron chi connectivity index (χ0n) is 12.6. The van der Waals surface area contributed by atoms with Crippen molar-refractivity contribution >= 4 is 7.60 Å². The number of rotatable bonds is 7. The summed E-state index contributed by atoms with van der Waals surface area (Å²) < 4.78 is 23.5. The van der Waals surface area contributed by atoms with E-state index in [1.54, 1.807) is 13.8 Å². The Morgan fingerprint density at radius 2 is 1.56 bits per heavy atom. The van der Waals surface area contributed by atoms with Crippen LogP contribution in [0.5, 0.6) is 0 Å². The second-order valence-corrected chi connectivity index (χ2v) is 7.67. The van der Waals surface area contributed by atoms with Crippen molar-refractivity contribution in [1.29, 1.82) is 0 Å². The average molecular weight is 281 g/mol. The van der Waals surface area contributed by atoms with Gasteiger partial charge < -0.3 is 14.3 Å². The lowest BCUT2D eigenvalue weighted by Gasteiger charge is -2.40. The highest BCUT2D eigenvalue weighted by Gasteiger charge is 2.45. The van der Waals surface area contributed by atoms with Crippen LogP contribution in [0.4, 0.5) is 0 Å². The number of hydroxylamine groups is 2. The maximum Gasteiger partial charge on any atom is 0.350 e. The lowest BCUT2D eigenvalue weighted by molar-refractivity contribution is -0.180. The average Bonchev–Trinajstić information content (AvgIpc) is 2.15. The van der Waals surface area contributed by atoms with Crippen LogP contribution in [0.1, 0.15) is 48.5 Å². The zero-order chi connectivity index (χ0) is 14.6. The van der Waals surface area contributed by atoms with E-state index < -0.39 is 18.9 Å². The molecule has 18 heavy (non-hydrogen) atoms. The van der Waals surface area contributed by atoms with Crippen molar-refractivity contribution in [2.75, 3.05) is 13.2 Å². The van der Waals surface area contributed by atoms with E-state index in [1.807, 2.05) is 34.6 Å². The van der Waals surface area contributed by atoms with Gasteiger partial charge in [0, 0.05) is 5.54 Å². The van der Waals surface area contributed by atoms with Gasteiger partial charge in [-0.3, -0.25) is 4.57 Å². The maximum absolute atomic E-state index is 12.8. The first-order valence-corrected chi connectivity index (χ1v) is 8.08.